The van der Waals surface area contributed by atoms with Crippen molar-refractivity contribution in [1.29, 1.82) is 0 Å². The molecular weight excluding hydrogens is 188 g/mol. The van der Waals surface area contributed by atoms with E-state index in [0.29, 0.717) is 0 Å². The molecule has 0 radical (unpaired) electrons. The maximum atomic E-state index is 5.73. The van der Waals surface area contributed by atoms with Gasteiger partial charge < -0.3 is 16.2 Å². The number of nitrogens with one attached hydrogen (secondary N) is 1. The number of nitrogen functional groups attached to an aromatic ring is 1. The van der Waals surface area contributed by atoms with Crippen LogP contribution in [0.25, 0.3) is 21.8 Å². The van der Waals surface area contributed by atoms with Crippen molar-refractivity contribution in [1.82, 2.24) is 4.98 Å². The Bertz CT molecular complexity index is 613. The predicted molar refractivity (Wildman–Crippen MR) is 63.8 cm³/mol. The summed E-state index contributed by atoms with van der Waals surface area (Å²) in [4.78, 5) is 3.34. The zero-order valence-electron chi connectivity index (χ0n) is 8.12. The molecule has 3 nitrogen and oxygen atoms in total. The molecule has 0 spiro atoms. The molecule has 0 aliphatic rings. The molecule has 3 aromatic rings. The first-order valence-corrected chi connectivity index (χ1v) is 4.60. The van der Waals surface area contributed by atoms with Crippen LogP contribution in [-0.4, -0.2) is 10.5 Å². The minimum absolute atomic E-state index is 0. The van der Waals surface area contributed by atoms with Crippen LogP contribution in [0.4, 0.5) is 5.69 Å². The number of para-hydroxylation sites is 1. The van der Waals surface area contributed by atoms with Crippen LogP contribution in [0.15, 0.2) is 42.5 Å². The smallest absolute Gasteiger partial charge is 0.0485 e. The molecule has 76 valence electrons. The van der Waals surface area contributed by atoms with Gasteiger partial charge in [0, 0.05) is 27.5 Å². The highest BCUT2D eigenvalue weighted by Crippen LogP contribution is 2.26. The van der Waals surface area contributed by atoms with E-state index in [9.17, 15) is 0 Å². The van der Waals surface area contributed by atoms with E-state index in [2.05, 4.69) is 23.2 Å². The van der Waals surface area contributed by atoms with Crippen LogP contribution < -0.4 is 5.73 Å². The zero-order valence-corrected chi connectivity index (χ0v) is 8.12. The largest absolute Gasteiger partial charge is 0.412 e. The summed E-state index contributed by atoms with van der Waals surface area (Å²) in [5, 5.41) is 2.48. The molecule has 0 fully saturated rings. The molecule has 0 aliphatic carbocycles. The van der Waals surface area contributed by atoms with Crippen LogP contribution in [0.1, 0.15) is 0 Å². The van der Waals surface area contributed by atoms with Crippen LogP contribution in [0.5, 0.6) is 0 Å². The standard InChI is InChI=1S/C12H10N2.H2O/c13-8-5-6-10-9-3-1-2-4-11(9)14-12(10)7-8;/h1-7,14H,13H2;1H2. The van der Waals surface area contributed by atoms with Gasteiger partial charge in [-0.3, -0.25) is 0 Å². The quantitative estimate of drug-likeness (QED) is 0.536. The number of hydrogen-bond acceptors (Lipinski definition) is 1. The Balaban J connectivity index is 0.000000853. The van der Waals surface area contributed by atoms with Crippen molar-refractivity contribution in [2.75, 3.05) is 5.73 Å². The molecule has 5 N–H and O–H groups in total. The average Bonchev–Trinajstić information content (AvgIpc) is 2.54. The molecule has 0 aliphatic heterocycles. The number of fused-ring (bicyclic) bond motifs is 3. The lowest BCUT2D eigenvalue weighted by molar-refractivity contribution is 0.824. The number of anilines is 1. The summed E-state index contributed by atoms with van der Waals surface area (Å²) in [7, 11) is 0. The summed E-state index contributed by atoms with van der Waals surface area (Å²) in [6, 6.07) is 14.2. The maximum absolute atomic E-state index is 5.73. The molecule has 0 unspecified atom stereocenters. The topological polar surface area (TPSA) is 73.3 Å². The van der Waals surface area contributed by atoms with Crippen molar-refractivity contribution >= 4 is 27.5 Å². The summed E-state index contributed by atoms with van der Waals surface area (Å²) in [6.07, 6.45) is 0. The average molecular weight is 200 g/mol. The summed E-state index contributed by atoms with van der Waals surface area (Å²) in [5.41, 5.74) is 8.78. The fourth-order valence-corrected chi connectivity index (χ4v) is 1.87. The highest BCUT2D eigenvalue weighted by molar-refractivity contribution is 6.07. The third-order valence-electron chi connectivity index (χ3n) is 2.53. The van der Waals surface area contributed by atoms with Crippen molar-refractivity contribution in [3.8, 4) is 0 Å². The number of H-pyrrole nitrogens is 1. The van der Waals surface area contributed by atoms with E-state index in [1.807, 2.05) is 24.3 Å². The van der Waals surface area contributed by atoms with Gasteiger partial charge in [-0.1, -0.05) is 24.3 Å². The van der Waals surface area contributed by atoms with Gasteiger partial charge in [0.15, 0.2) is 0 Å². The van der Waals surface area contributed by atoms with Gasteiger partial charge in [0.1, 0.15) is 0 Å². The fraction of sp³-hybridized carbons (Fsp3) is 0. The lowest BCUT2D eigenvalue weighted by Gasteiger charge is -1.92. The highest BCUT2D eigenvalue weighted by atomic mass is 16.0. The zero-order chi connectivity index (χ0) is 9.54. The molecule has 1 heterocycles. The van der Waals surface area contributed by atoms with Crippen molar-refractivity contribution in [2.45, 2.75) is 0 Å². The molecule has 0 saturated heterocycles. The number of aromatic amines is 1. The highest BCUT2D eigenvalue weighted by Gasteiger charge is 2.02. The van der Waals surface area contributed by atoms with Crippen LogP contribution >= 0.6 is 0 Å². The Morgan fingerprint density at radius 1 is 0.867 bits per heavy atom. The third kappa shape index (κ3) is 1.33. The SMILES string of the molecule is Nc1ccc2c(c1)[nH]c1ccccc12.O. The predicted octanol–water partition coefficient (Wildman–Crippen LogP) is 2.08. The number of aromatic nitrogens is 1. The minimum Gasteiger partial charge on any atom is -0.412 e. The molecule has 3 heteroatoms. The Morgan fingerprint density at radius 3 is 2.47 bits per heavy atom. The lowest BCUT2D eigenvalue weighted by atomic mass is 10.1. The van der Waals surface area contributed by atoms with Crippen molar-refractivity contribution < 1.29 is 5.48 Å². The first-order chi connectivity index (χ1) is 6.84. The number of rotatable bonds is 0. The number of nitrogens with two attached hydrogens (primary N) is 1. The summed E-state index contributed by atoms with van der Waals surface area (Å²) >= 11 is 0. The van der Waals surface area contributed by atoms with Gasteiger partial charge in [-0.2, -0.15) is 0 Å². The summed E-state index contributed by atoms with van der Waals surface area (Å²) in [5.74, 6) is 0. The molecule has 0 saturated carbocycles. The Labute approximate surface area is 86.8 Å². The van der Waals surface area contributed by atoms with E-state index in [4.69, 9.17) is 5.73 Å². The van der Waals surface area contributed by atoms with E-state index in [-0.39, 0.29) is 5.48 Å². The molecule has 15 heavy (non-hydrogen) atoms. The second-order valence-corrected chi connectivity index (χ2v) is 3.48. The van der Waals surface area contributed by atoms with Crippen LogP contribution in [-0.2, 0) is 0 Å². The third-order valence-corrected chi connectivity index (χ3v) is 2.53. The second kappa shape index (κ2) is 3.29. The maximum Gasteiger partial charge on any atom is 0.0485 e. The van der Waals surface area contributed by atoms with Gasteiger partial charge in [-0.25, -0.2) is 0 Å². The van der Waals surface area contributed by atoms with Crippen molar-refractivity contribution in [3.63, 3.8) is 0 Å². The van der Waals surface area contributed by atoms with Crippen LogP contribution in [0.2, 0.25) is 0 Å². The molecule has 0 amide bonds. The van der Waals surface area contributed by atoms with E-state index in [0.717, 1.165) is 16.7 Å². The first kappa shape index (κ1) is 9.55. The Hall–Kier alpha value is -2.00. The molecule has 0 atom stereocenters. The van der Waals surface area contributed by atoms with E-state index in [1.165, 1.54) is 10.8 Å². The van der Waals surface area contributed by atoms with E-state index < -0.39 is 0 Å². The van der Waals surface area contributed by atoms with Crippen LogP contribution in [0, 0.1) is 0 Å². The molecule has 0 bridgehead atoms. The van der Waals surface area contributed by atoms with E-state index >= 15 is 0 Å². The van der Waals surface area contributed by atoms with Crippen molar-refractivity contribution in [3.05, 3.63) is 42.5 Å². The fourth-order valence-electron chi connectivity index (χ4n) is 1.87. The molecule has 1 aromatic heterocycles. The van der Waals surface area contributed by atoms with Crippen LogP contribution in [0.3, 0.4) is 0 Å². The van der Waals surface area contributed by atoms with E-state index in [1.54, 1.807) is 0 Å². The van der Waals surface area contributed by atoms with Gasteiger partial charge in [-0.15, -0.1) is 0 Å². The Kier molecular flexibility index (Phi) is 2.10. The van der Waals surface area contributed by atoms with Gasteiger partial charge in [0.2, 0.25) is 0 Å². The lowest BCUT2D eigenvalue weighted by Crippen LogP contribution is -1.81. The molecule has 2 aromatic carbocycles. The molecule has 3 rings (SSSR count). The van der Waals surface area contributed by atoms with Crippen molar-refractivity contribution in [2.24, 2.45) is 0 Å². The first-order valence-electron chi connectivity index (χ1n) is 4.60. The second-order valence-electron chi connectivity index (χ2n) is 3.48. The van der Waals surface area contributed by atoms with Gasteiger partial charge in [0.05, 0.1) is 0 Å². The number of benzene rings is 2. The molecular formula is C12H12N2O. The summed E-state index contributed by atoms with van der Waals surface area (Å²) in [6.45, 7) is 0. The monoisotopic (exact) mass is 200 g/mol. The minimum atomic E-state index is 0. The van der Waals surface area contributed by atoms with Gasteiger partial charge in [-0.05, 0) is 18.2 Å². The van der Waals surface area contributed by atoms with Gasteiger partial charge in [0.25, 0.3) is 0 Å². The summed E-state index contributed by atoms with van der Waals surface area (Å²) < 4.78 is 0. The normalized spacial score (nSPS) is 10.4. The number of hydrogen-bond donors (Lipinski definition) is 2. The Morgan fingerprint density at radius 2 is 1.60 bits per heavy atom. The van der Waals surface area contributed by atoms with Gasteiger partial charge >= 0.3 is 0 Å².